The number of likely N-dealkylation sites (tertiary alicyclic amines) is 1. The first-order valence-electron chi connectivity index (χ1n) is 17.3. The second kappa shape index (κ2) is 16.9. The molecule has 0 saturated carbocycles. The molecule has 3 aromatic rings. The number of carbonyl (C=O) groups excluding carboxylic acids is 5. The van der Waals surface area contributed by atoms with Crippen molar-refractivity contribution in [2.75, 3.05) is 26.2 Å². The van der Waals surface area contributed by atoms with Crippen LogP contribution in [0.4, 0.5) is 20.2 Å². The lowest BCUT2D eigenvalue weighted by atomic mass is 9.82. The Morgan fingerprint density at radius 2 is 1.43 bits per heavy atom. The summed E-state index contributed by atoms with van der Waals surface area (Å²) in [6.45, 7) is 11.6. The summed E-state index contributed by atoms with van der Waals surface area (Å²) in [6.07, 6.45) is -0.717. The quantitative estimate of drug-likeness (QED) is 0.222. The molecule has 3 atom stereocenters. The standard InChI is InChI=1S/C39H49N5O10/c1-23(25-14-12-11-13-15-25)42-35(47)44-32(33(45)41-22-28-29(51-9)20-26(50-8)21-30(28)52-10)27(34(44)46)18-24-16-17-40-31(19-24)43(36(48)53-38(2,3)4)37(49)54-39(5,6)7/h11-17,19-21,23,27,32H,18,22H2,1-10H3,(H,41,45)(H,42,47)/t23-,27?,32+/m1/s1. The van der Waals surface area contributed by atoms with Crippen LogP contribution in [0.3, 0.4) is 0 Å². The molecular formula is C39H49N5O10. The van der Waals surface area contributed by atoms with E-state index in [9.17, 15) is 24.0 Å². The van der Waals surface area contributed by atoms with Gasteiger partial charge in [0.05, 0.1) is 45.4 Å². The predicted molar refractivity (Wildman–Crippen MR) is 198 cm³/mol. The predicted octanol–water partition coefficient (Wildman–Crippen LogP) is 5.94. The summed E-state index contributed by atoms with van der Waals surface area (Å²) >= 11 is 0. The minimum atomic E-state index is -1.24. The van der Waals surface area contributed by atoms with Crippen molar-refractivity contribution in [3.05, 3.63) is 77.5 Å². The summed E-state index contributed by atoms with van der Waals surface area (Å²) in [7, 11) is 4.44. The number of aromatic nitrogens is 1. The number of β-lactam (4-membered cyclic amide) rings is 1. The van der Waals surface area contributed by atoms with Gasteiger partial charge in [0, 0.05) is 18.3 Å². The highest BCUT2D eigenvalue weighted by atomic mass is 16.6. The number of anilines is 1. The van der Waals surface area contributed by atoms with Crippen molar-refractivity contribution in [1.29, 1.82) is 0 Å². The van der Waals surface area contributed by atoms with Crippen LogP contribution in [-0.2, 0) is 32.0 Å². The van der Waals surface area contributed by atoms with Crippen LogP contribution in [0.15, 0.2) is 60.8 Å². The fourth-order valence-corrected chi connectivity index (χ4v) is 5.73. The molecule has 1 aliphatic rings. The van der Waals surface area contributed by atoms with E-state index in [2.05, 4.69) is 15.6 Å². The van der Waals surface area contributed by atoms with Crippen molar-refractivity contribution in [1.82, 2.24) is 20.5 Å². The Morgan fingerprint density at radius 1 is 0.852 bits per heavy atom. The molecule has 15 heteroatoms. The van der Waals surface area contributed by atoms with E-state index in [1.165, 1.54) is 33.6 Å². The second-order valence-corrected chi connectivity index (χ2v) is 14.6. The van der Waals surface area contributed by atoms with Gasteiger partial charge in [-0.15, -0.1) is 0 Å². The maximum Gasteiger partial charge on any atom is 0.425 e. The Bertz CT molecular complexity index is 1800. The van der Waals surface area contributed by atoms with E-state index in [1.807, 2.05) is 30.3 Å². The molecule has 15 nitrogen and oxygen atoms in total. The van der Waals surface area contributed by atoms with E-state index in [-0.39, 0.29) is 18.8 Å². The maximum absolute atomic E-state index is 14.0. The second-order valence-electron chi connectivity index (χ2n) is 14.6. The lowest BCUT2D eigenvalue weighted by Crippen LogP contribution is -2.70. The Kier molecular flexibility index (Phi) is 12.8. The van der Waals surface area contributed by atoms with Gasteiger partial charge in [-0.1, -0.05) is 30.3 Å². The number of amides is 6. The van der Waals surface area contributed by atoms with E-state index >= 15 is 0 Å². The van der Waals surface area contributed by atoms with Crippen LogP contribution in [0.5, 0.6) is 17.2 Å². The molecule has 1 unspecified atom stereocenters. The summed E-state index contributed by atoms with van der Waals surface area (Å²) in [4.78, 5) is 73.8. The Morgan fingerprint density at radius 3 is 1.94 bits per heavy atom. The Balaban J connectivity index is 1.65. The molecule has 0 radical (unpaired) electrons. The first-order chi connectivity index (χ1) is 25.4. The van der Waals surface area contributed by atoms with Crippen LogP contribution in [0, 0.1) is 5.92 Å². The van der Waals surface area contributed by atoms with Crippen LogP contribution in [0.1, 0.15) is 71.2 Å². The van der Waals surface area contributed by atoms with E-state index in [1.54, 1.807) is 66.7 Å². The van der Waals surface area contributed by atoms with E-state index < -0.39 is 59.2 Å². The number of imide groups is 2. The zero-order valence-corrected chi connectivity index (χ0v) is 32.3. The number of nitrogens with one attached hydrogen (secondary N) is 2. The highest BCUT2D eigenvalue weighted by Crippen LogP contribution is 2.35. The molecule has 290 valence electrons. The SMILES string of the molecule is COc1cc(OC)c(CNC(=O)[C@@H]2C(Cc3ccnc(N(C(=O)OC(C)(C)C)C(=O)OC(C)(C)C)c3)C(=O)N2C(=O)N[C@H](C)c2ccccc2)c(OC)c1. The monoisotopic (exact) mass is 747 g/mol. The number of carbonyl (C=O) groups is 5. The lowest BCUT2D eigenvalue weighted by Gasteiger charge is -2.44. The Labute approximate surface area is 315 Å². The smallest absolute Gasteiger partial charge is 0.425 e. The molecule has 6 amide bonds. The summed E-state index contributed by atoms with van der Waals surface area (Å²) in [6, 6.07) is 13.0. The van der Waals surface area contributed by atoms with Gasteiger partial charge in [0.2, 0.25) is 11.8 Å². The average Bonchev–Trinajstić information content (AvgIpc) is 3.10. The number of hydrogen-bond acceptors (Lipinski definition) is 11. The van der Waals surface area contributed by atoms with Gasteiger partial charge in [-0.2, -0.15) is 4.90 Å². The van der Waals surface area contributed by atoms with Gasteiger partial charge in [-0.25, -0.2) is 19.4 Å². The molecule has 1 aliphatic heterocycles. The van der Waals surface area contributed by atoms with Gasteiger partial charge in [-0.3, -0.25) is 14.5 Å². The van der Waals surface area contributed by atoms with Crippen molar-refractivity contribution in [2.45, 2.75) is 84.7 Å². The van der Waals surface area contributed by atoms with Crippen molar-refractivity contribution < 1.29 is 47.7 Å². The van der Waals surface area contributed by atoms with Crippen LogP contribution in [-0.4, -0.2) is 78.5 Å². The first kappa shape index (κ1) is 40.9. The molecule has 1 saturated heterocycles. The van der Waals surface area contributed by atoms with Crippen LogP contribution in [0.25, 0.3) is 0 Å². The molecule has 54 heavy (non-hydrogen) atoms. The fraction of sp³-hybridized carbons (Fsp3) is 0.436. The van der Waals surface area contributed by atoms with Gasteiger partial charge in [0.25, 0.3) is 0 Å². The minimum Gasteiger partial charge on any atom is -0.496 e. The number of methoxy groups -OCH3 is 3. The number of urea groups is 1. The normalized spacial score (nSPS) is 16.0. The molecule has 1 fully saturated rings. The molecular weight excluding hydrogens is 698 g/mol. The van der Waals surface area contributed by atoms with Gasteiger partial charge >= 0.3 is 18.2 Å². The van der Waals surface area contributed by atoms with E-state index in [0.29, 0.717) is 33.3 Å². The number of pyridine rings is 1. The third kappa shape index (κ3) is 9.96. The van der Waals surface area contributed by atoms with E-state index in [0.717, 1.165) is 10.5 Å². The number of ether oxygens (including phenoxy) is 5. The van der Waals surface area contributed by atoms with Crippen LogP contribution in [0.2, 0.25) is 0 Å². The van der Waals surface area contributed by atoms with Gasteiger partial charge < -0.3 is 34.3 Å². The molecule has 0 aliphatic carbocycles. The van der Waals surface area contributed by atoms with Crippen molar-refractivity contribution in [2.24, 2.45) is 5.92 Å². The zero-order chi connectivity index (χ0) is 40.0. The summed E-state index contributed by atoms with van der Waals surface area (Å²) in [5.41, 5.74) is -0.137. The highest BCUT2D eigenvalue weighted by Gasteiger charge is 2.54. The molecule has 4 rings (SSSR count). The number of nitrogens with zero attached hydrogens (tertiary/aromatic N) is 3. The summed E-state index contributed by atoms with van der Waals surface area (Å²) in [5.74, 6) is -1.07. The van der Waals surface area contributed by atoms with Crippen molar-refractivity contribution in [3.63, 3.8) is 0 Å². The molecule has 1 aromatic heterocycles. The average molecular weight is 748 g/mol. The third-order valence-electron chi connectivity index (χ3n) is 8.24. The molecule has 0 spiro atoms. The fourth-order valence-electron chi connectivity index (χ4n) is 5.73. The van der Waals surface area contributed by atoms with Crippen LogP contribution >= 0.6 is 0 Å². The van der Waals surface area contributed by atoms with Crippen molar-refractivity contribution in [3.8, 4) is 17.2 Å². The molecule has 0 bridgehead atoms. The third-order valence-corrected chi connectivity index (χ3v) is 8.24. The lowest BCUT2D eigenvalue weighted by molar-refractivity contribution is -0.157. The maximum atomic E-state index is 14.0. The van der Waals surface area contributed by atoms with Crippen molar-refractivity contribution >= 4 is 35.8 Å². The summed E-state index contributed by atoms with van der Waals surface area (Å²) in [5, 5.41) is 5.66. The van der Waals surface area contributed by atoms with Crippen LogP contribution < -0.4 is 29.7 Å². The number of benzene rings is 2. The number of hydrogen-bond donors (Lipinski definition) is 2. The number of rotatable bonds is 11. The van der Waals surface area contributed by atoms with Gasteiger partial charge in [-0.05, 0) is 78.1 Å². The Hall–Kier alpha value is -5.86. The van der Waals surface area contributed by atoms with Gasteiger partial charge in [0.15, 0.2) is 0 Å². The topological polar surface area (TPSA) is 175 Å². The minimum absolute atomic E-state index is 0.0455. The first-order valence-corrected chi connectivity index (χ1v) is 17.3. The zero-order valence-electron chi connectivity index (χ0n) is 32.3. The highest BCUT2D eigenvalue weighted by molar-refractivity contribution is 6.10. The molecule has 2 aromatic carbocycles. The molecule has 2 N–H and O–H groups in total. The molecule has 2 heterocycles. The van der Waals surface area contributed by atoms with Gasteiger partial charge in [0.1, 0.15) is 40.3 Å². The van der Waals surface area contributed by atoms with E-state index in [4.69, 9.17) is 23.7 Å². The largest absolute Gasteiger partial charge is 0.496 e. The summed E-state index contributed by atoms with van der Waals surface area (Å²) < 4.78 is 27.4.